The maximum absolute atomic E-state index is 12.1. The van der Waals surface area contributed by atoms with Gasteiger partial charge in [-0.15, -0.1) is 0 Å². The average molecular weight is 423 g/mol. The molecule has 1 fully saturated rings. The van der Waals surface area contributed by atoms with Crippen LogP contribution < -0.4 is 21.3 Å². The van der Waals surface area contributed by atoms with Crippen molar-refractivity contribution in [3.8, 4) is 0 Å². The van der Waals surface area contributed by atoms with Crippen LogP contribution in [0.5, 0.6) is 0 Å². The zero-order valence-electron chi connectivity index (χ0n) is 16.7. The Morgan fingerprint density at radius 1 is 1.31 bits per heavy atom. The van der Waals surface area contributed by atoms with Crippen LogP contribution in [0.4, 0.5) is 10.5 Å². The van der Waals surface area contributed by atoms with Gasteiger partial charge in [-0.3, -0.25) is 19.8 Å². The van der Waals surface area contributed by atoms with Gasteiger partial charge in [0, 0.05) is 18.3 Å². The highest BCUT2D eigenvalue weighted by molar-refractivity contribution is 7.99. The molecule has 2 rings (SSSR count). The molecule has 1 saturated heterocycles. The first-order valence-electron chi connectivity index (χ1n) is 9.94. The number of hydrogen-bond donors (Lipinski definition) is 4. The number of hydrogen-bond acceptors (Lipinski definition) is 6. The molecule has 1 aliphatic heterocycles. The van der Waals surface area contributed by atoms with Crippen molar-refractivity contribution < 1.29 is 19.5 Å². The monoisotopic (exact) mass is 422 g/mol. The number of imide groups is 1. The first kappa shape index (κ1) is 23.2. The standard InChI is InChI=1S/C20H30N4O4S/c1-2-29-13-11-15(21)17(25)19(27)22-12-7-6-10-16-18(26)23-20(28)24(16)14-8-4-3-5-9-14/h3-5,8-9,15-17,25H,2,6-7,10-13,21H2,1H3,(H,22,27)(H,23,26,28)/t15-,16+,17?/m1/s1. The summed E-state index contributed by atoms with van der Waals surface area (Å²) < 4.78 is 0. The van der Waals surface area contributed by atoms with E-state index < -0.39 is 30.1 Å². The molecule has 5 N–H and O–H groups in total. The molecular formula is C20H30N4O4S. The second kappa shape index (κ2) is 11.8. The van der Waals surface area contributed by atoms with E-state index in [-0.39, 0.29) is 5.91 Å². The molecule has 1 unspecified atom stereocenters. The lowest BCUT2D eigenvalue weighted by molar-refractivity contribution is -0.130. The molecule has 0 bridgehead atoms. The maximum atomic E-state index is 12.1. The predicted molar refractivity (Wildman–Crippen MR) is 115 cm³/mol. The molecule has 29 heavy (non-hydrogen) atoms. The van der Waals surface area contributed by atoms with Gasteiger partial charge >= 0.3 is 6.03 Å². The number of carbonyl (C=O) groups is 3. The summed E-state index contributed by atoms with van der Waals surface area (Å²) in [4.78, 5) is 37.7. The quantitative estimate of drug-likeness (QED) is 0.297. The van der Waals surface area contributed by atoms with Crippen LogP contribution in [0, 0.1) is 0 Å². The zero-order chi connectivity index (χ0) is 21.2. The number of carbonyl (C=O) groups excluding carboxylic acids is 3. The van der Waals surface area contributed by atoms with Gasteiger partial charge in [0.1, 0.15) is 12.1 Å². The SMILES string of the molecule is CCSCC[C@@H](N)C(O)C(=O)NCCCC[C@H]1C(=O)NC(=O)N1c1ccccc1. The number of aliphatic hydroxyl groups excluding tert-OH is 1. The summed E-state index contributed by atoms with van der Waals surface area (Å²) in [7, 11) is 0. The number of urea groups is 1. The minimum atomic E-state index is -1.22. The van der Waals surface area contributed by atoms with Gasteiger partial charge in [-0.25, -0.2) is 4.79 Å². The van der Waals surface area contributed by atoms with Crippen molar-refractivity contribution in [3.63, 3.8) is 0 Å². The fourth-order valence-corrected chi connectivity index (χ4v) is 3.88. The number of aliphatic hydroxyl groups is 1. The third-order valence-corrected chi connectivity index (χ3v) is 5.71. The molecule has 0 aromatic heterocycles. The lowest BCUT2D eigenvalue weighted by Gasteiger charge is -2.22. The number of anilines is 1. The summed E-state index contributed by atoms with van der Waals surface area (Å²) in [6.07, 6.45) is 1.11. The Hall–Kier alpha value is -2.10. The van der Waals surface area contributed by atoms with Crippen molar-refractivity contribution in [2.45, 2.75) is 50.8 Å². The second-order valence-corrected chi connectivity index (χ2v) is 8.29. The Labute approximate surface area is 175 Å². The van der Waals surface area contributed by atoms with E-state index in [1.54, 1.807) is 23.9 Å². The van der Waals surface area contributed by atoms with E-state index in [0.29, 0.717) is 37.9 Å². The number of amides is 4. The zero-order valence-corrected chi connectivity index (χ0v) is 17.5. The third kappa shape index (κ3) is 6.73. The molecule has 0 aliphatic carbocycles. The van der Waals surface area contributed by atoms with Gasteiger partial charge in [0.05, 0.1) is 0 Å². The first-order valence-corrected chi connectivity index (χ1v) is 11.1. The minimum absolute atomic E-state index is 0.311. The third-order valence-electron chi connectivity index (χ3n) is 4.78. The Morgan fingerprint density at radius 3 is 2.72 bits per heavy atom. The largest absolute Gasteiger partial charge is 0.382 e. The first-order chi connectivity index (χ1) is 14.0. The Kier molecular flexibility index (Phi) is 9.43. The predicted octanol–water partition coefficient (Wildman–Crippen LogP) is 1.23. The smallest absolute Gasteiger partial charge is 0.329 e. The summed E-state index contributed by atoms with van der Waals surface area (Å²) in [5.41, 5.74) is 6.54. The Balaban J connectivity index is 1.73. The van der Waals surface area contributed by atoms with Crippen LogP contribution >= 0.6 is 11.8 Å². The molecule has 8 nitrogen and oxygen atoms in total. The van der Waals surface area contributed by atoms with Crippen molar-refractivity contribution in [2.24, 2.45) is 5.73 Å². The molecule has 3 atom stereocenters. The topological polar surface area (TPSA) is 125 Å². The number of nitrogens with two attached hydrogens (primary N) is 1. The van der Waals surface area contributed by atoms with Crippen LogP contribution in [0.3, 0.4) is 0 Å². The van der Waals surface area contributed by atoms with E-state index in [2.05, 4.69) is 10.6 Å². The Bertz CT molecular complexity index is 688. The molecule has 0 spiro atoms. The maximum Gasteiger partial charge on any atom is 0.329 e. The number of unbranched alkanes of at least 4 members (excludes halogenated alkanes) is 1. The lowest BCUT2D eigenvalue weighted by Crippen LogP contribution is -2.46. The van der Waals surface area contributed by atoms with Crippen molar-refractivity contribution >= 4 is 35.3 Å². The minimum Gasteiger partial charge on any atom is -0.382 e. The summed E-state index contributed by atoms with van der Waals surface area (Å²) in [5, 5.41) is 15.0. The van der Waals surface area contributed by atoms with Crippen LogP contribution in [0.1, 0.15) is 32.6 Å². The van der Waals surface area contributed by atoms with Gasteiger partial charge in [-0.05, 0) is 49.3 Å². The van der Waals surface area contributed by atoms with Crippen LogP contribution in [0.2, 0.25) is 0 Å². The molecule has 1 aliphatic rings. The molecule has 1 heterocycles. The van der Waals surface area contributed by atoms with Crippen LogP contribution in [-0.4, -0.2) is 59.2 Å². The van der Waals surface area contributed by atoms with Gasteiger partial charge in [0.2, 0.25) is 5.91 Å². The number of rotatable bonds is 12. The summed E-state index contributed by atoms with van der Waals surface area (Å²) >= 11 is 1.72. The molecule has 0 radical (unpaired) electrons. The van der Waals surface area contributed by atoms with Gasteiger partial charge < -0.3 is 16.2 Å². The molecule has 160 valence electrons. The molecule has 1 aromatic carbocycles. The summed E-state index contributed by atoms with van der Waals surface area (Å²) in [5.74, 6) is 0.997. The van der Waals surface area contributed by atoms with Crippen LogP contribution in [-0.2, 0) is 9.59 Å². The molecular weight excluding hydrogens is 392 g/mol. The Morgan fingerprint density at radius 2 is 2.03 bits per heavy atom. The number of thioether (sulfide) groups is 1. The fraction of sp³-hybridized carbons (Fsp3) is 0.550. The number of nitrogens with one attached hydrogen (secondary N) is 2. The van der Waals surface area contributed by atoms with E-state index in [0.717, 1.165) is 11.5 Å². The highest BCUT2D eigenvalue weighted by Gasteiger charge is 2.38. The van der Waals surface area contributed by atoms with Gasteiger partial charge in [-0.1, -0.05) is 25.1 Å². The van der Waals surface area contributed by atoms with Crippen LogP contribution in [0.25, 0.3) is 0 Å². The van der Waals surface area contributed by atoms with Gasteiger partial charge in [-0.2, -0.15) is 11.8 Å². The highest BCUT2D eigenvalue weighted by atomic mass is 32.2. The van der Waals surface area contributed by atoms with Gasteiger partial charge in [0.25, 0.3) is 5.91 Å². The van der Waals surface area contributed by atoms with Gasteiger partial charge in [0.15, 0.2) is 0 Å². The van der Waals surface area contributed by atoms with Crippen molar-refractivity contribution in [1.29, 1.82) is 0 Å². The van der Waals surface area contributed by atoms with Crippen molar-refractivity contribution in [1.82, 2.24) is 10.6 Å². The van der Waals surface area contributed by atoms with E-state index in [9.17, 15) is 19.5 Å². The number of nitrogens with zero attached hydrogens (tertiary/aromatic N) is 1. The fourth-order valence-electron chi connectivity index (χ4n) is 3.15. The summed E-state index contributed by atoms with van der Waals surface area (Å²) in [6, 6.07) is 7.49. The van der Waals surface area contributed by atoms with E-state index in [1.165, 1.54) is 4.90 Å². The normalized spacial score (nSPS) is 18.4. The lowest BCUT2D eigenvalue weighted by atomic mass is 10.1. The van der Waals surface area contributed by atoms with E-state index in [1.807, 2.05) is 25.1 Å². The highest BCUT2D eigenvalue weighted by Crippen LogP contribution is 2.23. The average Bonchev–Trinajstić information content (AvgIpc) is 3.00. The molecule has 0 saturated carbocycles. The summed E-state index contributed by atoms with van der Waals surface area (Å²) in [6.45, 7) is 2.42. The van der Waals surface area contributed by atoms with Crippen LogP contribution in [0.15, 0.2) is 30.3 Å². The number of para-hydroxylation sites is 1. The molecule has 1 aromatic rings. The molecule has 4 amide bonds. The molecule has 9 heteroatoms. The number of benzene rings is 1. The van der Waals surface area contributed by atoms with Crippen molar-refractivity contribution in [3.05, 3.63) is 30.3 Å². The van der Waals surface area contributed by atoms with E-state index >= 15 is 0 Å². The van der Waals surface area contributed by atoms with Crippen molar-refractivity contribution in [2.75, 3.05) is 23.0 Å². The van der Waals surface area contributed by atoms with E-state index in [4.69, 9.17) is 5.73 Å². The second-order valence-electron chi connectivity index (χ2n) is 6.90.